The number of nitrogens with two attached hydrogens (primary N) is 1. The Hall–Kier alpha value is -1.52. The van der Waals surface area contributed by atoms with Crippen molar-refractivity contribution in [3.8, 4) is 0 Å². The first-order valence-electron chi connectivity index (χ1n) is 6.14. The van der Waals surface area contributed by atoms with Crippen molar-refractivity contribution < 1.29 is 0 Å². The third kappa shape index (κ3) is 3.47. The second-order valence-corrected chi connectivity index (χ2v) is 4.35. The van der Waals surface area contributed by atoms with Gasteiger partial charge >= 0.3 is 5.69 Å². The van der Waals surface area contributed by atoms with Crippen LogP contribution in [0.15, 0.2) is 15.8 Å². The normalized spacial score (nSPS) is 10.7. The summed E-state index contributed by atoms with van der Waals surface area (Å²) in [5.41, 5.74) is 5.01. The van der Waals surface area contributed by atoms with Crippen molar-refractivity contribution >= 4 is 5.69 Å². The summed E-state index contributed by atoms with van der Waals surface area (Å²) in [6.45, 7) is 2.61. The quantitative estimate of drug-likeness (QED) is 0.756. The van der Waals surface area contributed by atoms with Gasteiger partial charge in [0.2, 0.25) is 0 Å². The summed E-state index contributed by atoms with van der Waals surface area (Å²) in [4.78, 5) is 23.4. The van der Waals surface area contributed by atoms with Crippen molar-refractivity contribution in [3.05, 3.63) is 27.0 Å². The van der Waals surface area contributed by atoms with Crippen LogP contribution in [0.4, 0.5) is 5.69 Å². The van der Waals surface area contributed by atoms with E-state index in [4.69, 9.17) is 5.73 Å². The minimum atomic E-state index is -0.372. The monoisotopic (exact) mass is 239 g/mol. The third-order valence-corrected chi connectivity index (χ3v) is 2.84. The first-order valence-corrected chi connectivity index (χ1v) is 6.14. The molecule has 0 aromatic carbocycles. The first kappa shape index (κ1) is 13.5. The average molecular weight is 239 g/mol. The molecule has 1 heterocycles. The summed E-state index contributed by atoms with van der Waals surface area (Å²) in [5, 5.41) is 0. The molecule has 5 nitrogen and oxygen atoms in total. The van der Waals surface area contributed by atoms with Gasteiger partial charge in [0.25, 0.3) is 5.56 Å². The highest BCUT2D eigenvalue weighted by Gasteiger charge is 2.06. The Morgan fingerprint density at radius 3 is 2.47 bits per heavy atom. The lowest BCUT2D eigenvalue weighted by molar-refractivity contribution is 0.527. The number of aryl methyl sites for hydroxylation is 1. The van der Waals surface area contributed by atoms with Crippen molar-refractivity contribution in [2.45, 2.75) is 45.6 Å². The SMILES string of the molecule is CCCCCCCn1c(=O)c(N)cn(C)c1=O. The van der Waals surface area contributed by atoms with Crippen LogP contribution in [0.1, 0.15) is 39.0 Å². The van der Waals surface area contributed by atoms with Gasteiger partial charge in [-0.1, -0.05) is 32.6 Å². The zero-order chi connectivity index (χ0) is 12.8. The van der Waals surface area contributed by atoms with Crippen LogP contribution in [0, 0.1) is 0 Å². The molecule has 0 aliphatic rings. The van der Waals surface area contributed by atoms with Crippen LogP contribution in [0.25, 0.3) is 0 Å². The van der Waals surface area contributed by atoms with Crippen LogP contribution in [0.3, 0.4) is 0 Å². The second kappa shape index (κ2) is 6.27. The summed E-state index contributed by atoms with van der Waals surface area (Å²) in [6.07, 6.45) is 6.78. The number of hydrogen-bond acceptors (Lipinski definition) is 3. The van der Waals surface area contributed by atoms with Crippen LogP contribution in [0.2, 0.25) is 0 Å². The molecule has 0 radical (unpaired) electrons. The predicted octanol–water partition coefficient (Wildman–Crippen LogP) is 1.10. The summed E-state index contributed by atoms with van der Waals surface area (Å²) in [5.74, 6) is 0. The van der Waals surface area contributed by atoms with E-state index in [-0.39, 0.29) is 16.9 Å². The van der Waals surface area contributed by atoms with Crippen LogP contribution >= 0.6 is 0 Å². The molecule has 5 heteroatoms. The van der Waals surface area contributed by atoms with Crippen molar-refractivity contribution in [1.82, 2.24) is 9.13 Å². The predicted molar refractivity (Wildman–Crippen MR) is 69.1 cm³/mol. The van der Waals surface area contributed by atoms with Gasteiger partial charge in [-0.15, -0.1) is 0 Å². The highest BCUT2D eigenvalue weighted by atomic mass is 16.2. The maximum absolute atomic E-state index is 11.7. The smallest absolute Gasteiger partial charge is 0.330 e. The Morgan fingerprint density at radius 1 is 1.18 bits per heavy atom. The molecule has 0 aliphatic carbocycles. The molecule has 0 fully saturated rings. The van der Waals surface area contributed by atoms with Gasteiger partial charge in [-0.2, -0.15) is 0 Å². The third-order valence-electron chi connectivity index (χ3n) is 2.84. The largest absolute Gasteiger partial charge is 0.393 e. The molecule has 0 atom stereocenters. The van der Waals surface area contributed by atoms with E-state index < -0.39 is 0 Å². The lowest BCUT2D eigenvalue weighted by atomic mass is 10.1. The van der Waals surface area contributed by atoms with E-state index in [2.05, 4.69) is 6.92 Å². The number of rotatable bonds is 6. The first-order chi connectivity index (χ1) is 8.07. The number of anilines is 1. The van der Waals surface area contributed by atoms with E-state index in [1.165, 1.54) is 28.2 Å². The van der Waals surface area contributed by atoms with Gasteiger partial charge in [-0.25, -0.2) is 4.79 Å². The van der Waals surface area contributed by atoms with E-state index in [0.29, 0.717) is 6.54 Å². The molecule has 0 bridgehead atoms. The van der Waals surface area contributed by atoms with Crippen LogP contribution < -0.4 is 17.0 Å². The molecule has 0 aliphatic heterocycles. The maximum Gasteiger partial charge on any atom is 0.330 e. The van der Waals surface area contributed by atoms with Gasteiger partial charge < -0.3 is 10.3 Å². The molecule has 0 unspecified atom stereocenters. The number of aromatic nitrogens is 2. The van der Waals surface area contributed by atoms with Crippen molar-refractivity contribution in [2.24, 2.45) is 7.05 Å². The summed E-state index contributed by atoms with van der Waals surface area (Å²) in [7, 11) is 1.60. The number of hydrogen-bond donors (Lipinski definition) is 1. The maximum atomic E-state index is 11.7. The molecule has 1 rings (SSSR count). The Balaban J connectivity index is 2.71. The lowest BCUT2D eigenvalue weighted by Gasteiger charge is -2.07. The Kier molecular flexibility index (Phi) is 5.00. The Morgan fingerprint density at radius 2 is 1.82 bits per heavy atom. The molecular formula is C12H21N3O2. The van der Waals surface area contributed by atoms with Crippen LogP contribution in [-0.4, -0.2) is 9.13 Å². The summed E-state index contributed by atoms with van der Waals surface area (Å²) >= 11 is 0. The molecular weight excluding hydrogens is 218 g/mol. The molecule has 17 heavy (non-hydrogen) atoms. The average Bonchev–Trinajstić information content (AvgIpc) is 2.30. The van der Waals surface area contributed by atoms with Crippen LogP contribution in [0.5, 0.6) is 0 Å². The zero-order valence-corrected chi connectivity index (χ0v) is 10.6. The van der Waals surface area contributed by atoms with Gasteiger partial charge in [0.05, 0.1) is 0 Å². The molecule has 0 amide bonds. The summed E-state index contributed by atoms with van der Waals surface area (Å²) < 4.78 is 2.57. The van der Waals surface area contributed by atoms with Gasteiger partial charge in [0.15, 0.2) is 0 Å². The fourth-order valence-corrected chi connectivity index (χ4v) is 1.82. The lowest BCUT2D eigenvalue weighted by Crippen LogP contribution is -2.39. The molecule has 1 aromatic heterocycles. The molecule has 0 saturated carbocycles. The van der Waals surface area contributed by atoms with Gasteiger partial charge in [-0.3, -0.25) is 9.36 Å². The van der Waals surface area contributed by atoms with Gasteiger partial charge in [0, 0.05) is 19.8 Å². The Bertz CT molecular complexity index is 439. The van der Waals surface area contributed by atoms with E-state index in [1.807, 2.05) is 0 Å². The number of nitrogens with zero attached hydrogens (tertiary/aromatic N) is 2. The molecule has 0 spiro atoms. The fraction of sp³-hybridized carbons (Fsp3) is 0.667. The Labute approximate surface area is 101 Å². The highest BCUT2D eigenvalue weighted by Crippen LogP contribution is 2.02. The fourth-order valence-electron chi connectivity index (χ4n) is 1.82. The van der Waals surface area contributed by atoms with Crippen molar-refractivity contribution in [2.75, 3.05) is 5.73 Å². The second-order valence-electron chi connectivity index (χ2n) is 4.35. The van der Waals surface area contributed by atoms with Crippen LogP contribution in [-0.2, 0) is 13.6 Å². The topological polar surface area (TPSA) is 70.0 Å². The minimum absolute atomic E-state index is 0.126. The van der Waals surface area contributed by atoms with E-state index >= 15 is 0 Å². The van der Waals surface area contributed by atoms with E-state index in [9.17, 15) is 9.59 Å². The van der Waals surface area contributed by atoms with Gasteiger partial charge in [-0.05, 0) is 6.42 Å². The minimum Gasteiger partial charge on any atom is -0.393 e. The van der Waals surface area contributed by atoms with Crippen molar-refractivity contribution in [1.29, 1.82) is 0 Å². The highest BCUT2D eigenvalue weighted by molar-refractivity contribution is 5.30. The number of unbranched alkanes of at least 4 members (excludes halogenated alkanes) is 4. The molecule has 96 valence electrons. The van der Waals surface area contributed by atoms with E-state index in [0.717, 1.165) is 19.3 Å². The molecule has 1 aromatic rings. The standard InChI is InChI=1S/C12H21N3O2/c1-3-4-5-6-7-8-15-11(16)10(13)9-14(2)12(15)17/h9H,3-8,13H2,1-2H3. The van der Waals surface area contributed by atoms with Gasteiger partial charge in [0.1, 0.15) is 5.69 Å². The zero-order valence-electron chi connectivity index (χ0n) is 10.6. The van der Waals surface area contributed by atoms with Crippen molar-refractivity contribution in [3.63, 3.8) is 0 Å². The summed E-state index contributed by atoms with van der Waals surface area (Å²) in [6, 6.07) is 0. The molecule has 0 saturated heterocycles. The van der Waals surface area contributed by atoms with E-state index in [1.54, 1.807) is 7.05 Å². The number of nitrogen functional groups attached to an aromatic ring is 1. The molecule has 2 N–H and O–H groups in total.